The molecule has 2 aromatic rings. The number of benzene rings is 1. The summed E-state index contributed by atoms with van der Waals surface area (Å²) < 4.78 is 6.44. The van der Waals surface area contributed by atoms with E-state index >= 15 is 0 Å². The van der Waals surface area contributed by atoms with Gasteiger partial charge in [0.25, 0.3) is 0 Å². The van der Waals surface area contributed by atoms with E-state index in [-0.39, 0.29) is 12.2 Å². The van der Waals surface area contributed by atoms with E-state index in [4.69, 9.17) is 16.7 Å². The maximum atomic E-state index is 7.65. The van der Waals surface area contributed by atoms with Gasteiger partial charge in [-0.05, 0) is 44.4 Å². The molecule has 0 radical (unpaired) electrons. The predicted molar refractivity (Wildman–Crippen MR) is 126 cm³/mol. The fraction of sp³-hybridized carbons (Fsp3) is 0.583. The molecule has 0 bridgehead atoms. The van der Waals surface area contributed by atoms with Crippen LogP contribution in [0.3, 0.4) is 0 Å². The van der Waals surface area contributed by atoms with Crippen molar-refractivity contribution in [3.05, 3.63) is 46.5 Å². The lowest BCUT2D eigenvalue weighted by molar-refractivity contribution is 0.0325. The van der Waals surface area contributed by atoms with E-state index in [9.17, 15) is 0 Å². The van der Waals surface area contributed by atoms with Gasteiger partial charge in [0.2, 0.25) is 0 Å². The highest BCUT2D eigenvalue weighted by molar-refractivity contribution is 6.30. The Labute approximate surface area is 187 Å². The van der Waals surface area contributed by atoms with Crippen molar-refractivity contribution in [2.24, 2.45) is 0 Å². The van der Waals surface area contributed by atoms with Crippen LogP contribution in [0, 0.1) is 12.8 Å². The van der Waals surface area contributed by atoms with Gasteiger partial charge < -0.3 is 14.4 Å². The van der Waals surface area contributed by atoms with Crippen LogP contribution in [-0.2, 0) is 23.1 Å². The van der Waals surface area contributed by atoms with Crippen molar-refractivity contribution in [1.29, 1.82) is 0 Å². The molecule has 0 amide bonds. The molecule has 0 atom stereocenters. The molecule has 168 valence electrons. The first-order valence-electron chi connectivity index (χ1n) is 10.5. The summed E-state index contributed by atoms with van der Waals surface area (Å²) in [6, 6.07) is 8.08. The summed E-state index contributed by atoms with van der Waals surface area (Å²) in [6.07, 6.45) is 15.3. The Morgan fingerprint density at radius 1 is 1.07 bits per heavy atom. The zero-order valence-corrected chi connectivity index (χ0v) is 20.0. The van der Waals surface area contributed by atoms with Gasteiger partial charge in [0.1, 0.15) is 18.4 Å². The molecular formula is C24H38ClN3O2. The smallest absolute Gasteiger partial charge is 0.143 e. The second-order valence-electron chi connectivity index (χ2n) is 7.51. The average molecular weight is 436 g/mol. The first-order chi connectivity index (χ1) is 14.4. The number of aryl methyl sites for hydroxylation is 1. The van der Waals surface area contributed by atoms with E-state index in [1.165, 1.54) is 44.8 Å². The number of rotatable bonds is 3. The molecule has 0 spiro atoms. The van der Waals surface area contributed by atoms with Crippen LogP contribution in [0.1, 0.15) is 77.0 Å². The number of aliphatic hydroxyl groups excluding tert-OH is 1. The van der Waals surface area contributed by atoms with Gasteiger partial charge in [0, 0.05) is 30.5 Å². The lowest BCUT2D eigenvalue weighted by Crippen LogP contribution is -2.25. The Morgan fingerprint density at radius 2 is 1.60 bits per heavy atom. The second-order valence-corrected chi connectivity index (χ2v) is 7.95. The average Bonchev–Trinajstić information content (AvgIpc) is 3.13. The van der Waals surface area contributed by atoms with Crippen molar-refractivity contribution in [2.75, 3.05) is 13.9 Å². The normalized spacial score (nSPS) is 13.0. The molecule has 0 fully saturated rings. The number of aromatic nitrogens is 3. The molecule has 1 aromatic carbocycles. The largest absolute Gasteiger partial charge is 0.371 e. The van der Waals surface area contributed by atoms with Crippen LogP contribution >= 0.6 is 11.6 Å². The fourth-order valence-electron chi connectivity index (χ4n) is 3.12. The summed E-state index contributed by atoms with van der Waals surface area (Å²) in [6.45, 7) is 9.54. The highest BCUT2D eigenvalue weighted by Gasteiger charge is 2.30. The van der Waals surface area contributed by atoms with Crippen molar-refractivity contribution < 1.29 is 9.84 Å². The van der Waals surface area contributed by atoms with Gasteiger partial charge in [-0.3, -0.25) is 0 Å². The minimum Gasteiger partial charge on any atom is -0.371 e. The number of aliphatic hydroxyl groups is 1. The van der Waals surface area contributed by atoms with Crippen LogP contribution in [0.25, 0.3) is 0 Å². The van der Waals surface area contributed by atoms with Gasteiger partial charge in [0.05, 0.1) is 0 Å². The van der Waals surface area contributed by atoms with E-state index in [1.807, 2.05) is 12.1 Å². The molecule has 2 heterocycles. The standard InChI is InChI=1S/C17H22ClN3.C3H8.C2H6O2.C2H2/c1-17(2,13-8-10-14(18)11-9-13)16-20-19-15-7-5-3-4-6-12-21(15)16;1-3-2;1-4-2-3;1-2/h8-11H,3-7,12H2,1-2H3;3H2,1-2H3;3H,2H2,1H3;1-2H. The third-order valence-corrected chi connectivity index (χ3v) is 4.87. The summed E-state index contributed by atoms with van der Waals surface area (Å²) in [7, 11) is 1.43. The van der Waals surface area contributed by atoms with Crippen molar-refractivity contribution >= 4 is 11.6 Å². The monoisotopic (exact) mass is 435 g/mol. The minimum absolute atomic E-state index is 0.158. The second kappa shape index (κ2) is 15.9. The highest BCUT2D eigenvalue weighted by Crippen LogP contribution is 2.32. The Kier molecular flexibility index (Phi) is 14.9. The molecule has 0 saturated heterocycles. The molecule has 1 aliphatic rings. The summed E-state index contributed by atoms with van der Waals surface area (Å²) in [5.41, 5.74) is 1.07. The zero-order chi connectivity index (χ0) is 23.0. The van der Waals surface area contributed by atoms with Crippen molar-refractivity contribution in [1.82, 2.24) is 14.8 Å². The van der Waals surface area contributed by atoms with Crippen LogP contribution in [0.2, 0.25) is 5.02 Å². The molecule has 1 N–H and O–H groups in total. The van der Waals surface area contributed by atoms with Gasteiger partial charge in [0.15, 0.2) is 0 Å². The molecule has 30 heavy (non-hydrogen) atoms. The van der Waals surface area contributed by atoms with Crippen molar-refractivity contribution in [3.8, 4) is 12.8 Å². The van der Waals surface area contributed by atoms with E-state index < -0.39 is 0 Å². The fourth-order valence-corrected chi connectivity index (χ4v) is 3.25. The highest BCUT2D eigenvalue weighted by atomic mass is 35.5. The van der Waals surface area contributed by atoms with E-state index in [1.54, 1.807) is 0 Å². The molecule has 1 aromatic heterocycles. The number of ether oxygens (including phenoxy) is 1. The third kappa shape index (κ3) is 8.87. The quantitative estimate of drug-likeness (QED) is 0.501. The SMILES string of the molecule is C#C.CC(C)(c1ccc(Cl)cc1)c1nnc2n1CCCCCC2.CCC.COCO. The van der Waals surface area contributed by atoms with Crippen LogP contribution in [0.4, 0.5) is 0 Å². The molecule has 0 aliphatic carbocycles. The Bertz CT molecular complexity index is 707. The lowest BCUT2D eigenvalue weighted by Gasteiger charge is -2.26. The van der Waals surface area contributed by atoms with Gasteiger partial charge in [-0.15, -0.1) is 23.0 Å². The molecule has 5 nitrogen and oxygen atoms in total. The van der Waals surface area contributed by atoms with Gasteiger partial charge >= 0.3 is 0 Å². The Hall–Kier alpha value is -1.87. The summed E-state index contributed by atoms with van der Waals surface area (Å²) in [5.74, 6) is 2.22. The van der Waals surface area contributed by atoms with Crippen molar-refractivity contribution in [3.63, 3.8) is 0 Å². The molecular weight excluding hydrogens is 398 g/mol. The first kappa shape index (κ1) is 28.1. The molecule has 6 heteroatoms. The van der Waals surface area contributed by atoms with Gasteiger partial charge in [-0.1, -0.05) is 56.8 Å². The van der Waals surface area contributed by atoms with Crippen molar-refractivity contribution in [2.45, 2.75) is 78.2 Å². The van der Waals surface area contributed by atoms with Gasteiger partial charge in [-0.2, -0.15) is 0 Å². The zero-order valence-electron chi connectivity index (χ0n) is 19.2. The lowest BCUT2D eigenvalue weighted by atomic mass is 9.83. The van der Waals surface area contributed by atoms with Crippen LogP contribution in [-0.4, -0.2) is 33.8 Å². The predicted octanol–water partition coefficient (Wildman–Crippen LogP) is 5.62. The molecule has 0 saturated carbocycles. The number of nitrogens with zero attached hydrogens (tertiary/aromatic N) is 3. The van der Waals surface area contributed by atoms with Crippen LogP contribution in [0.5, 0.6) is 0 Å². The van der Waals surface area contributed by atoms with E-state index in [0.717, 1.165) is 29.6 Å². The number of hydrogen-bond donors (Lipinski definition) is 1. The summed E-state index contributed by atoms with van der Waals surface area (Å²) >= 11 is 6.01. The van der Waals surface area contributed by atoms with Crippen LogP contribution < -0.4 is 0 Å². The number of methoxy groups -OCH3 is 1. The summed E-state index contributed by atoms with van der Waals surface area (Å²) in [5, 5.41) is 17.4. The molecule has 3 rings (SSSR count). The Morgan fingerprint density at radius 3 is 2.13 bits per heavy atom. The van der Waals surface area contributed by atoms with Crippen LogP contribution in [0.15, 0.2) is 24.3 Å². The first-order valence-corrected chi connectivity index (χ1v) is 10.9. The number of terminal acetylenes is 1. The number of halogens is 1. The summed E-state index contributed by atoms with van der Waals surface area (Å²) in [4.78, 5) is 0. The maximum absolute atomic E-state index is 7.65. The number of hydrogen-bond acceptors (Lipinski definition) is 4. The number of fused-ring (bicyclic) bond motifs is 1. The topological polar surface area (TPSA) is 60.2 Å². The van der Waals surface area contributed by atoms with E-state index in [2.05, 4.69) is 72.2 Å². The minimum atomic E-state index is -0.181. The molecule has 0 unspecified atom stereocenters. The Balaban J connectivity index is 0.000000806. The molecule has 1 aliphatic heterocycles. The van der Waals surface area contributed by atoms with E-state index in [0.29, 0.717) is 0 Å². The van der Waals surface area contributed by atoms with Gasteiger partial charge in [-0.25, -0.2) is 0 Å². The maximum Gasteiger partial charge on any atom is 0.143 e. The third-order valence-electron chi connectivity index (χ3n) is 4.61.